The molecule has 1 aliphatic heterocycles. The number of benzene rings is 2. The number of carbonyl (C=O) groups is 1. The van der Waals surface area contributed by atoms with E-state index in [1.54, 1.807) is 30.3 Å². The van der Waals surface area contributed by atoms with Gasteiger partial charge in [-0.15, -0.1) is 0 Å². The van der Waals surface area contributed by atoms with Gasteiger partial charge in [-0.1, -0.05) is 22.8 Å². The van der Waals surface area contributed by atoms with Gasteiger partial charge >= 0.3 is 0 Å². The predicted molar refractivity (Wildman–Crippen MR) is 99.5 cm³/mol. The Balaban J connectivity index is 1.45. The summed E-state index contributed by atoms with van der Waals surface area (Å²) < 4.78 is 11.1. The highest BCUT2D eigenvalue weighted by molar-refractivity contribution is 6.30. The van der Waals surface area contributed by atoms with Crippen molar-refractivity contribution in [3.63, 3.8) is 0 Å². The lowest BCUT2D eigenvalue weighted by molar-refractivity contribution is -0.115. The van der Waals surface area contributed by atoms with Crippen LogP contribution in [-0.4, -0.2) is 17.2 Å². The molecule has 1 aliphatic rings. The number of anilines is 1. The predicted octanol–water partition coefficient (Wildman–Crippen LogP) is 4.50. The first-order valence-corrected chi connectivity index (χ1v) is 8.75. The molecule has 0 aliphatic carbocycles. The molecule has 1 N–H and O–H groups in total. The second-order valence-corrected chi connectivity index (χ2v) is 6.81. The van der Waals surface area contributed by atoms with E-state index in [2.05, 4.69) is 16.5 Å². The van der Waals surface area contributed by atoms with Gasteiger partial charge in [-0.05, 0) is 48.9 Å². The molecule has 5 nitrogen and oxygen atoms in total. The number of aromatic nitrogens is 1. The van der Waals surface area contributed by atoms with Crippen LogP contribution in [-0.2, 0) is 17.6 Å². The van der Waals surface area contributed by atoms with Crippen molar-refractivity contribution in [2.45, 2.75) is 25.9 Å². The van der Waals surface area contributed by atoms with E-state index >= 15 is 0 Å². The van der Waals surface area contributed by atoms with Crippen molar-refractivity contribution in [1.82, 2.24) is 5.16 Å². The van der Waals surface area contributed by atoms with Crippen molar-refractivity contribution in [2.75, 3.05) is 5.32 Å². The van der Waals surface area contributed by atoms with Crippen molar-refractivity contribution in [2.24, 2.45) is 0 Å². The number of nitrogens with zero attached hydrogens (tertiary/aromatic N) is 1. The zero-order valence-corrected chi connectivity index (χ0v) is 14.9. The smallest absolute Gasteiger partial charge is 0.230 e. The van der Waals surface area contributed by atoms with E-state index in [4.69, 9.17) is 20.9 Å². The lowest BCUT2D eigenvalue weighted by Gasteiger charge is -2.03. The molecule has 4 rings (SSSR count). The molecule has 2 aromatic carbocycles. The molecule has 132 valence electrons. The second kappa shape index (κ2) is 6.84. The van der Waals surface area contributed by atoms with Gasteiger partial charge in [0.05, 0.1) is 12.1 Å². The van der Waals surface area contributed by atoms with Crippen LogP contribution in [0.15, 0.2) is 53.1 Å². The molecule has 0 fully saturated rings. The fourth-order valence-corrected chi connectivity index (χ4v) is 3.23. The molecule has 1 atom stereocenters. The zero-order chi connectivity index (χ0) is 18.1. The minimum Gasteiger partial charge on any atom is -0.490 e. The SMILES string of the molecule is CC1Cc2cc(-c3cc(CC(=O)Nc4cccc(Cl)c4)no3)ccc2O1. The Labute approximate surface area is 155 Å². The monoisotopic (exact) mass is 368 g/mol. The molecule has 1 unspecified atom stereocenters. The van der Waals surface area contributed by atoms with Gasteiger partial charge in [0.15, 0.2) is 5.76 Å². The number of fused-ring (bicyclic) bond motifs is 1. The van der Waals surface area contributed by atoms with Gasteiger partial charge in [0.2, 0.25) is 5.91 Å². The molecule has 3 aromatic rings. The first kappa shape index (κ1) is 16.7. The number of ether oxygens (including phenoxy) is 1. The summed E-state index contributed by atoms with van der Waals surface area (Å²) in [5.41, 5.74) is 3.31. The summed E-state index contributed by atoms with van der Waals surface area (Å²) in [6.45, 7) is 2.05. The zero-order valence-electron chi connectivity index (χ0n) is 14.2. The average Bonchev–Trinajstić information content (AvgIpc) is 3.19. The van der Waals surface area contributed by atoms with Gasteiger partial charge in [0.1, 0.15) is 11.9 Å². The number of nitrogens with one attached hydrogen (secondary N) is 1. The summed E-state index contributed by atoms with van der Waals surface area (Å²) in [5, 5.41) is 7.38. The Hall–Kier alpha value is -2.79. The molecule has 0 spiro atoms. The van der Waals surface area contributed by atoms with Crippen LogP contribution in [0.2, 0.25) is 5.02 Å². The topological polar surface area (TPSA) is 64.4 Å². The largest absolute Gasteiger partial charge is 0.490 e. The van der Waals surface area contributed by atoms with Crippen molar-refractivity contribution in [1.29, 1.82) is 0 Å². The minimum absolute atomic E-state index is 0.126. The molecule has 26 heavy (non-hydrogen) atoms. The van der Waals surface area contributed by atoms with Crippen LogP contribution in [0.3, 0.4) is 0 Å². The molecular weight excluding hydrogens is 352 g/mol. The maximum absolute atomic E-state index is 12.2. The fourth-order valence-electron chi connectivity index (χ4n) is 3.04. The molecule has 0 saturated heterocycles. The Bertz CT molecular complexity index is 967. The highest BCUT2D eigenvalue weighted by Gasteiger charge is 2.20. The standard InChI is InChI=1S/C20H17ClN2O3/c1-12-7-14-8-13(5-6-18(14)25-12)19-10-17(23-26-19)11-20(24)22-16-4-2-3-15(21)9-16/h2-6,8-10,12H,7,11H2,1H3,(H,22,24). The molecule has 0 saturated carbocycles. The summed E-state index contributed by atoms with van der Waals surface area (Å²) in [7, 11) is 0. The van der Waals surface area contributed by atoms with Gasteiger partial charge in [-0.3, -0.25) is 4.79 Å². The Morgan fingerprint density at radius 1 is 1.27 bits per heavy atom. The van der Waals surface area contributed by atoms with E-state index < -0.39 is 0 Å². The van der Waals surface area contributed by atoms with Crippen LogP contribution in [0.1, 0.15) is 18.2 Å². The number of halogens is 1. The summed E-state index contributed by atoms with van der Waals surface area (Å²) in [4.78, 5) is 12.2. The highest BCUT2D eigenvalue weighted by atomic mass is 35.5. The number of rotatable bonds is 4. The van der Waals surface area contributed by atoms with E-state index in [1.807, 2.05) is 19.1 Å². The summed E-state index contributed by atoms with van der Waals surface area (Å²) >= 11 is 5.92. The van der Waals surface area contributed by atoms with Gasteiger partial charge < -0.3 is 14.6 Å². The average molecular weight is 369 g/mol. The molecular formula is C20H17ClN2O3. The number of carbonyl (C=O) groups excluding carboxylic acids is 1. The molecule has 1 aromatic heterocycles. The third-order valence-corrected chi connectivity index (χ3v) is 4.42. The normalized spacial score (nSPS) is 15.4. The molecule has 6 heteroatoms. The van der Waals surface area contributed by atoms with E-state index in [1.165, 1.54) is 0 Å². The number of amides is 1. The van der Waals surface area contributed by atoms with Crippen LogP contribution in [0.5, 0.6) is 5.75 Å². The quantitative estimate of drug-likeness (QED) is 0.736. The number of hydrogen-bond donors (Lipinski definition) is 1. The van der Waals surface area contributed by atoms with Gasteiger partial charge in [0.25, 0.3) is 0 Å². The van der Waals surface area contributed by atoms with Crippen LogP contribution in [0.25, 0.3) is 11.3 Å². The Kier molecular flexibility index (Phi) is 4.39. The molecule has 0 radical (unpaired) electrons. The Morgan fingerprint density at radius 2 is 2.15 bits per heavy atom. The van der Waals surface area contributed by atoms with Crippen LogP contribution < -0.4 is 10.1 Å². The van der Waals surface area contributed by atoms with E-state index in [0.717, 1.165) is 23.3 Å². The van der Waals surface area contributed by atoms with Crippen molar-refractivity contribution in [3.05, 3.63) is 64.8 Å². The minimum atomic E-state index is -0.178. The van der Waals surface area contributed by atoms with Crippen LogP contribution in [0, 0.1) is 0 Å². The summed E-state index contributed by atoms with van der Waals surface area (Å²) in [5.74, 6) is 1.38. The fraction of sp³-hybridized carbons (Fsp3) is 0.200. The Morgan fingerprint density at radius 3 is 3.00 bits per heavy atom. The lowest BCUT2D eigenvalue weighted by Crippen LogP contribution is -2.14. The van der Waals surface area contributed by atoms with E-state index in [-0.39, 0.29) is 18.4 Å². The second-order valence-electron chi connectivity index (χ2n) is 6.37. The van der Waals surface area contributed by atoms with E-state index in [0.29, 0.717) is 22.2 Å². The molecule has 1 amide bonds. The van der Waals surface area contributed by atoms with Gasteiger partial charge in [-0.2, -0.15) is 0 Å². The van der Waals surface area contributed by atoms with Gasteiger partial charge in [0, 0.05) is 28.8 Å². The van der Waals surface area contributed by atoms with Crippen molar-refractivity contribution < 1.29 is 14.1 Å². The summed E-state index contributed by atoms with van der Waals surface area (Å²) in [6, 6.07) is 14.7. The maximum Gasteiger partial charge on any atom is 0.230 e. The third kappa shape index (κ3) is 3.58. The lowest BCUT2D eigenvalue weighted by atomic mass is 10.1. The first-order chi connectivity index (χ1) is 12.6. The maximum atomic E-state index is 12.2. The highest BCUT2D eigenvalue weighted by Crippen LogP contribution is 2.33. The van der Waals surface area contributed by atoms with Crippen molar-refractivity contribution in [3.8, 4) is 17.1 Å². The first-order valence-electron chi connectivity index (χ1n) is 8.38. The van der Waals surface area contributed by atoms with Crippen LogP contribution in [0.4, 0.5) is 5.69 Å². The molecule has 0 bridgehead atoms. The van der Waals surface area contributed by atoms with Crippen LogP contribution >= 0.6 is 11.6 Å². The summed E-state index contributed by atoms with van der Waals surface area (Å²) in [6.07, 6.45) is 1.20. The number of hydrogen-bond acceptors (Lipinski definition) is 4. The van der Waals surface area contributed by atoms with E-state index in [9.17, 15) is 4.79 Å². The van der Waals surface area contributed by atoms with Crippen molar-refractivity contribution >= 4 is 23.2 Å². The molecule has 2 heterocycles. The third-order valence-electron chi connectivity index (χ3n) is 4.19. The van der Waals surface area contributed by atoms with Gasteiger partial charge in [-0.25, -0.2) is 0 Å².